The van der Waals surface area contributed by atoms with Crippen molar-refractivity contribution in [3.63, 3.8) is 0 Å². The van der Waals surface area contributed by atoms with Gasteiger partial charge in [-0.2, -0.15) is 13.2 Å². The monoisotopic (exact) mass is 510 g/mol. The summed E-state index contributed by atoms with van der Waals surface area (Å²) in [6.07, 6.45) is -2.57. The molecule has 0 aliphatic heterocycles. The predicted octanol–water partition coefficient (Wildman–Crippen LogP) is 5.84. The zero-order valence-electron chi connectivity index (χ0n) is 20.5. The number of carboxylic acid groups (broad SMARTS) is 1. The van der Waals surface area contributed by atoms with Gasteiger partial charge in [0, 0.05) is 25.3 Å². The van der Waals surface area contributed by atoms with E-state index in [4.69, 9.17) is 9.47 Å². The number of aliphatic carboxylic acids is 1. The molecule has 0 fully saturated rings. The summed E-state index contributed by atoms with van der Waals surface area (Å²) in [5.41, 5.74) is 0.0175. The number of ether oxygens (including phenoxy) is 2. The van der Waals surface area contributed by atoms with Crippen molar-refractivity contribution in [3.05, 3.63) is 59.7 Å². The van der Waals surface area contributed by atoms with E-state index in [2.05, 4.69) is 5.32 Å². The van der Waals surface area contributed by atoms with Gasteiger partial charge in [-0.3, -0.25) is 0 Å². The lowest BCUT2D eigenvalue weighted by atomic mass is 10.1. The van der Waals surface area contributed by atoms with Crippen LogP contribution in [0.5, 0.6) is 5.75 Å². The molecule has 1 atom stereocenters. The highest BCUT2D eigenvalue weighted by Gasteiger charge is 2.30. The van der Waals surface area contributed by atoms with E-state index in [1.165, 1.54) is 17.0 Å². The number of halogens is 3. The van der Waals surface area contributed by atoms with Crippen LogP contribution in [0, 0.1) is 0 Å². The molecule has 0 spiro atoms. The van der Waals surface area contributed by atoms with Gasteiger partial charge < -0.3 is 24.8 Å². The number of nitrogens with zero attached hydrogens (tertiary/aromatic N) is 1. The molecule has 2 amide bonds. The largest absolute Gasteiger partial charge is 0.492 e. The molecule has 7 nitrogen and oxygen atoms in total. The molecule has 2 aromatic carbocycles. The summed E-state index contributed by atoms with van der Waals surface area (Å²) in [5, 5.41) is 11.8. The van der Waals surface area contributed by atoms with Crippen molar-refractivity contribution in [1.29, 1.82) is 0 Å². The lowest BCUT2D eigenvalue weighted by molar-refractivity contribution is -0.150. The summed E-state index contributed by atoms with van der Waals surface area (Å²) >= 11 is 0. The van der Waals surface area contributed by atoms with Crippen LogP contribution in [0.4, 0.5) is 23.7 Å². The van der Waals surface area contributed by atoms with Gasteiger partial charge in [0.1, 0.15) is 12.4 Å². The molecule has 2 N–H and O–H groups in total. The minimum absolute atomic E-state index is 0.0681. The average molecular weight is 511 g/mol. The first-order chi connectivity index (χ1) is 17.1. The Labute approximate surface area is 209 Å². The minimum Gasteiger partial charge on any atom is -0.492 e. The van der Waals surface area contributed by atoms with Gasteiger partial charge in [0.05, 0.1) is 12.1 Å². The molecule has 2 aromatic rings. The lowest BCUT2D eigenvalue weighted by Crippen LogP contribution is -2.38. The van der Waals surface area contributed by atoms with E-state index >= 15 is 0 Å². The van der Waals surface area contributed by atoms with Crippen molar-refractivity contribution in [2.45, 2.75) is 51.8 Å². The smallest absolute Gasteiger partial charge is 0.416 e. The quantitative estimate of drug-likeness (QED) is 0.312. The van der Waals surface area contributed by atoms with Crippen LogP contribution >= 0.6 is 0 Å². The Morgan fingerprint density at radius 1 is 1.06 bits per heavy atom. The maximum Gasteiger partial charge on any atom is 0.416 e. The number of urea groups is 1. The Hall–Kier alpha value is -3.27. The number of hydrogen-bond acceptors (Lipinski definition) is 4. The highest BCUT2D eigenvalue weighted by atomic mass is 19.4. The van der Waals surface area contributed by atoms with E-state index < -0.39 is 29.8 Å². The first-order valence-electron chi connectivity index (χ1n) is 11.9. The van der Waals surface area contributed by atoms with E-state index in [-0.39, 0.29) is 25.3 Å². The number of unbranched alkanes of at least 4 members (excludes halogenated alkanes) is 2. The predicted molar refractivity (Wildman–Crippen MR) is 130 cm³/mol. The van der Waals surface area contributed by atoms with Crippen molar-refractivity contribution in [3.8, 4) is 5.75 Å². The minimum atomic E-state index is -4.50. The third-order valence-corrected chi connectivity index (χ3v) is 5.38. The van der Waals surface area contributed by atoms with Crippen LogP contribution in [0.3, 0.4) is 0 Å². The topological polar surface area (TPSA) is 88.1 Å². The highest BCUT2D eigenvalue weighted by molar-refractivity contribution is 5.89. The van der Waals surface area contributed by atoms with Gasteiger partial charge in [-0.15, -0.1) is 0 Å². The Balaban J connectivity index is 1.95. The number of rotatable bonds is 14. The summed E-state index contributed by atoms with van der Waals surface area (Å²) in [6, 6.07) is 10.9. The molecular weight excluding hydrogens is 477 g/mol. The number of carbonyl (C=O) groups is 2. The molecule has 1 unspecified atom stereocenters. The first kappa shape index (κ1) is 29.0. The van der Waals surface area contributed by atoms with Crippen molar-refractivity contribution < 1.29 is 37.3 Å². The maximum atomic E-state index is 13.0. The standard InChI is InChI=1S/C26H33F3N2O5/c1-3-5-6-14-31(25(34)30-21-9-7-8-20(18-21)26(27,28)29)15-16-36-22-12-10-19(11-13-22)17-23(24(32)33)35-4-2/h7-13,18,23H,3-6,14-17H2,1-2H3,(H,30,34)(H,32,33). The number of alkyl halides is 3. The normalized spacial score (nSPS) is 12.1. The number of hydrogen-bond donors (Lipinski definition) is 2. The van der Waals surface area contributed by atoms with Crippen molar-refractivity contribution in [2.75, 3.05) is 31.6 Å². The fourth-order valence-corrected chi connectivity index (χ4v) is 3.47. The average Bonchev–Trinajstić information content (AvgIpc) is 2.83. The van der Waals surface area contributed by atoms with Crippen LogP contribution < -0.4 is 10.1 Å². The number of carbonyl (C=O) groups excluding carboxylic acids is 1. The zero-order chi connectivity index (χ0) is 26.6. The Morgan fingerprint density at radius 3 is 2.39 bits per heavy atom. The number of benzene rings is 2. The van der Waals surface area contributed by atoms with E-state index in [0.29, 0.717) is 18.9 Å². The van der Waals surface area contributed by atoms with E-state index in [0.717, 1.165) is 37.0 Å². The second kappa shape index (κ2) is 14.3. The Bertz CT molecular complexity index is 967. The van der Waals surface area contributed by atoms with Crippen LogP contribution in [-0.4, -0.2) is 54.4 Å². The molecule has 0 saturated carbocycles. The van der Waals surface area contributed by atoms with E-state index in [1.807, 2.05) is 6.92 Å². The van der Waals surface area contributed by atoms with Crippen LogP contribution in [0.15, 0.2) is 48.5 Å². The fourth-order valence-electron chi connectivity index (χ4n) is 3.47. The summed E-state index contributed by atoms with van der Waals surface area (Å²) in [5.74, 6) is -0.474. The third-order valence-electron chi connectivity index (χ3n) is 5.38. The molecule has 0 aliphatic carbocycles. The molecule has 36 heavy (non-hydrogen) atoms. The summed E-state index contributed by atoms with van der Waals surface area (Å²) in [4.78, 5) is 25.6. The summed E-state index contributed by atoms with van der Waals surface area (Å²) in [7, 11) is 0. The fraction of sp³-hybridized carbons (Fsp3) is 0.462. The van der Waals surface area contributed by atoms with Gasteiger partial charge in [0.15, 0.2) is 6.10 Å². The number of nitrogens with one attached hydrogen (secondary N) is 1. The van der Waals surface area contributed by atoms with Gasteiger partial charge in [-0.25, -0.2) is 9.59 Å². The Kier molecular flexibility index (Phi) is 11.5. The molecule has 0 heterocycles. The molecule has 0 radical (unpaired) electrons. The van der Waals surface area contributed by atoms with Crippen LogP contribution in [-0.2, 0) is 22.1 Å². The van der Waals surface area contributed by atoms with E-state index in [1.54, 1.807) is 31.2 Å². The van der Waals surface area contributed by atoms with Gasteiger partial charge in [-0.05, 0) is 49.2 Å². The van der Waals surface area contributed by atoms with Crippen LogP contribution in [0.25, 0.3) is 0 Å². The van der Waals surface area contributed by atoms with E-state index in [9.17, 15) is 27.9 Å². The summed E-state index contributed by atoms with van der Waals surface area (Å²) < 4.78 is 49.9. The summed E-state index contributed by atoms with van der Waals surface area (Å²) in [6.45, 7) is 4.92. The lowest BCUT2D eigenvalue weighted by Gasteiger charge is -2.23. The van der Waals surface area contributed by atoms with Gasteiger partial charge in [0.2, 0.25) is 0 Å². The maximum absolute atomic E-state index is 13.0. The first-order valence-corrected chi connectivity index (χ1v) is 11.9. The van der Waals surface area contributed by atoms with Crippen molar-refractivity contribution in [2.24, 2.45) is 0 Å². The molecule has 10 heteroatoms. The van der Waals surface area contributed by atoms with Gasteiger partial charge in [0.25, 0.3) is 0 Å². The second-order valence-corrected chi connectivity index (χ2v) is 8.18. The highest BCUT2D eigenvalue weighted by Crippen LogP contribution is 2.30. The molecule has 198 valence electrons. The molecule has 0 aromatic heterocycles. The van der Waals surface area contributed by atoms with Crippen molar-refractivity contribution >= 4 is 17.7 Å². The molecule has 0 bridgehead atoms. The zero-order valence-corrected chi connectivity index (χ0v) is 20.5. The van der Waals surface area contributed by atoms with Crippen LogP contribution in [0.1, 0.15) is 44.2 Å². The number of amides is 2. The van der Waals surface area contributed by atoms with Gasteiger partial charge in [-0.1, -0.05) is 38.0 Å². The number of anilines is 1. The Morgan fingerprint density at radius 2 is 1.78 bits per heavy atom. The van der Waals surface area contributed by atoms with Gasteiger partial charge >= 0.3 is 18.2 Å². The third kappa shape index (κ3) is 9.77. The number of carboxylic acids is 1. The second-order valence-electron chi connectivity index (χ2n) is 8.18. The molecule has 2 rings (SSSR count). The van der Waals surface area contributed by atoms with Crippen LogP contribution in [0.2, 0.25) is 0 Å². The molecule has 0 saturated heterocycles. The molecule has 0 aliphatic rings. The van der Waals surface area contributed by atoms with Crippen molar-refractivity contribution in [1.82, 2.24) is 4.90 Å². The molecular formula is C26H33F3N2O5. The SMILES string of the molecule is CCCCCN(CCOc1ccc(CC(OCC)C(=O)O)cc1)C(=O)Nc1cccc(C(F)(F)F)c1.